The third kappa shape index (κ3) is 4.42. The lowest BCUT2D eigenvalue weighted by Gasteiger charge is -2.12. The molecule has 4 aromatic rings. The molecule has 2 heterocycles. The maximum Gasteiger partial charge on any atom is 0.332 e. The fourth-order valence-corrected chi connectivity index (χ4v) is 3.86. The number of hydrogen-bond acceptors (Lipinski definition) is 5. The minimum atomic E-state index is -0.516. The highest BCUT2D eigenvalue weighted by Gasteiger charge is 2.22. The van der Waals surface area contributed by atoms with Gasteiger partial charge in [0.25, 0.3) is 5.56 Å². The fourth-order valence-electron chi connectivity index (χ4n) is 3.57. The van der Waals surface area contributed by atoms with Crippen molar-refractivity contribution in [2.45, 2.75) is 26.4 Å². The van der Waals surface area contributed by atoms with Gasteiger partial charge in [0.05, 0.1) is 11.6 Å². The average Bonchev–Trinajstić information content (AvgIpc) is 3.15. The van der Waals surface area contributed by atoms with Crippen molar-refractivity contribution < 1.29 is 9.84 Å². The Labute approximate surface area is 199 Å². The summed E-state index contributed by atoms with van der Waals surface area (Å²) >= 11 is 12.4. The van der Waals surface area contributed by atoms with Crippen LogP contribution in [0.25, 0.3) is 11.2 Å². The van der Waals surface area contributed by atoms with Crippen LogP contribution in [0.1, 0.15) is 17.5 Å². The van der Waals surface area contributed by atoms with Crippen LogP contribution in [0.5, 0.6) is 11.8 Å². The zero-order valence-electron chi connectivity index (χ0n) is 18.1. The van der Waals surface area contributed by atoms with Crippen molar-refractivity contribution in [3.8, 4) is 11.8 Å². The zero-order valence-corrected chi connectivity index (χ0v) is 19.6. The number of rotatable bonds is 7. The van der Waals surface area contributed by atoms with Gasteiger partial charge in [-0.2, -0.15) is 4.98 Å². The normalized spacial score (nSPS) is 11.3. The van der Waals surface area contributed by atoms with E-state index in [2.05, 4.69) is 4.98 Å². The van der Waals surface area contributed by atoms with Gasteiger partial charge in [0, 0.05) is 25.2 Å². The van der Waals surface area contributed by atoms with E-state index in [0.717, 1.165) is 15.7 Å². The number of aryl methyl sites for hydroxylation is 2. The van der Waals surface area contributed by atoms with Crippen LogP contribution in [0.3, 0.4) is 0 Å². The van der Waals surface area contributed by atoms with Crippen molar-refractivity contribution in [1.29, 1.82) is 0 Å². The number of imidazole rings is 1. The molecule has 0 saturated heterocycles. The standard InChI is InChI=1S/C23H22Cl2N4O4/c1-14-5-3-6-17(18(14)25)33-22-26-20-19(29(22)13-15-7-9-16(24)10-8-15)21(31)28(11-4-12-30)23(32)27(20)2/h3,5-10,30H,4,11-13H2,1-2H3. The fraction of sp³-hybridized carbons (Fsp3) is 0.261. The van der Waals surface area contributed by atoms with Crippen molar-refractivity contribution in [2.24, 2.45) is 7.05 Å². The topological polar surface area (TPSA) is 91.3 Å². The number of aliphatic hydroxyl groups excluding tert-OH is 1. The molecule has 2 aromatic heterocycles. The van der Waals surface area contributed by atoms with Crippen LogP contribution in [0.2, 0.25) is 10.0 Å². The zero-order chi connectivity index (χ0) is 23.7. The summed E-state index contributed by atoms with van der Waals surface area (Å²) in [6.45, 7) is 2.05. The Hall–Kier alpha value is -3.07. The molecule has 33 heavy (non-hydrogen) atoms. The van der Waals surface area contributed by atoms with Crippen LogP contribution >= 0.6 is 23.2 Å². The smallest absolute Gasteiger partial charge is 0.332 e. The first kappa shape index (κ1) is 23.1. The first-order valence-electron chi connectivity index (χ1n) is 10.3. The Balaban J connectivity index is 1.95. The van der Waals surface area contributed by atoms with Crippen LogP contribution < -0.4 is 16.0 Å². The largest absolute Gasteiger partial charge is 0.424 e. The highest BCUT2D eigenvalue weighted by Crippen LogP contribution is 2.32. The third-order valence-electron chi connectivity index (χ3n) is 5.35. The molecule has 0 aliphatic carbocycles. The number of nitrogens with zero attached hydrogens (tertiary/aromatic N) is 4. The van der Waals surface area contributed by atoms with Crippen LogP contribution in [-0.4, -0.2) is 30.4 Å². The first-order chi connectivity index (χ1) is 15.8. The minimum absolute atomic E-state index is 0.0873. The molecule has 0 atom stereocenters. The summed E-state index contributed by atoms with van der Waals surface area (Å²) in [6, 6.07) is 12.7. The van der Waals surface area contributed by atoms with Crippen molar-refractivity contribution in [3.05, 3.63) is 84.5 Å². The van der Waals surface area contributed by atoms with Crippen molar-refractivity contribution in [3.63, 3.8) is 0 Å². The highest BCUT2D eigenvalue weighted by atomic mass is 35.5. The molecular formula is C23H22Cl2N4O4. The summed E-state index contributed by atoms with van der Waals surface area (Å²) in [5.41, 5.74) is 1.06. The molecule has 172 valence electrons. The van der Waals surface area contributed by atoms with E-state index in [9.17, 15) is 14.7 Å². The Kier molecular flexibility index (Phi) is 6.60. The number of ether oxygens (including phenoxy) is 1. The molecule has 0 unspecified atom stereocenters. The quantitative estimate of drug-likeness (QED) is 0.427. The second-order valence-electron chi connectivity index (χ2n) is 7.64. The van der Waals surface area contributed by atoms with E-state index in [0.29, 0.717) is 15.8 Å². The number of hydrogen-bond donors (Lipinski definition) is 1. The van der Waals surface area contributed by atoms with Crippen molar-refractivity contribution in [2.75, 3.05) is 6.61 Å². The SMILES string of the molecule is Cc1cccc(Oc2nc3c(c(=O)n(CCCO)c(=O)n3C)n2Cc2ccc(Cl)cc2)c1Cl. The van der Waals surface area contributed by atoms with E-state index in [1.54, 1.807) is 35.9 Å². The van der Waals surface area contributed by atoms with E-state index < -0.39 is 11.2 Å². The van der Waals surface area contributed by atoms with Crippen LogP contribution in [0, 0.1) is 6.92 Å². The summed E-state index contributed by atoms with van der Waals surface area (Å²) in [5.74, 6) is 0.384. The Morgan fingerprint density at radius 3 is 2.48 bits per heavy atom. The number of halogens is 2. The molecule has 2 aromatic carbocycles. The summed E-state index contributed by atoms with van der Waals surface area (Å²) in [5, 5.41) is 10.2. The Morgan fingerprint density at radius 1 is 1.06 bits per heavy atom. The lowest BCUT2D eigenvalue weighted by Crippen LogP contribution is -2.39. The molecule has 0 amide bonds. The van der Waals surface area contributed by atoms with E-state index in [1.807, 2.05) is 25.1 Å². The molecule has 4 rings (SSSR count). The molecule has 0 radical (unpaired) electrons. The monoisotopic (exact) mass is 488 g/mol. The molecule has 0 fully saturated rings. The first-order valence-corrected chi connectivity index (χ1v) is 11.1. The van der Waals surface area contributed by atoms with Crippen molar-refractivity contribution >= 4 is 34.4 Å². The molecule has 0 saturated carbocycles. The van der Waals surface area contributed by atoms with Gasteiger partial charge in [-0.1, -0.05) is 47.5 Å². The van der Waals surface area contributed by atoms with E-state index in [-0.39, 0.29) is 43.3 Å². The molecule has 0 spiro atoms. The summed E-state index contributed by atoms with van der Waals surface area (Å²) in [7, 11) is 1.54. The molecule has 8 nitrogen and oxygen atoms in total. The molecule has 0 bridgehead atoms. The summed E-state index contributed by atoms with van der Waals surface area (Å²) < 4.78 is 10.1. The molecule has 0 aliphatic heterocycles. The van der Waals surface area contributed by atoms with Gasteiger partial charge >= 0.3 is 11.7 Å². The van der Waals surface area contributed by atoms with Gasteiger partial charge in [-0.15, -0.1) is 0 Å². The average molecular weight is 489 g/mol. The molecule has 10 heteroatoms. The van der Waals surface area contributed by atoms with Crippen LogP contribution in [0.4, 0.5) is 0 Å². The lowest BCUT2D eigenvalue weighted by atomic mass is 10.2. The highest BCUT2D eigenvalue weighted by molar-refractivity contribution is 6.32. The van der Waals surface area contributed by atoms with Crippen LogP contribution in [-0.2, 0) is 20.1 Å². The van der Waals surface area contributed by atoms with Gasteiger partial charge < -0.3 is 9.84 Å². The van der Waals surface area contributed by atoms with E-state index in [4.69, 9.17) is 27.9 Å². The lowest BCUT2D eigenvalue weighted by molar-refractivity contribution is 0.277. The van der Waals surface area contributed by atoms with Gasteiger partial charge in [0.15, 0.2) is 11.2 Å². The predicted molar refractivity (Wildman–Crippen MR) is 128 cm³/mol. The van der Waals surface area contributed by atoms with Gasteiger partial charge in [-0.3, -0.25) is 18.5 Å². The van der Waals surface area contributed by atoms with Gasteiger partial charge in [-0.05, 0) is 42.7 Å². The molecule has 0 aliphatic rings. The Morgan fingerprint density at radius 2 is 1.79 bits per heavy atom. The second-order valence-corrected chi connectivity index (χ2v) is 8.46. The number of benzene rings is 2. The maximum atomic E-state index is 13.4. The molecule has 1 N–H and O–H groups in total. The van der Waals surface area contributed by atoms with Crippen LogP contribution in [0.15, 0.2) is 52.1 Å². The summed E-state index contributed by atoms with van der Waals surface area (Å²) in [6.07, 6.45) is 0.272. The maximum absolute atomic E-state index is 13.4. The number of fused-ring (bicyclic) bond motifs is 1. The molecular weight excluding hydrogens is 467 g/mol. The predicted octanol–water partition coefficient (Wildman–Crippen LogP) is 3.73. The minimum Gasteiger partial charge on any atom is -0.424 e. The van der Waals surface area contributed by atoms with Gasteiger partial charge in [-0.25, -0.2) is 4.79 Å². The number of aliphatic hydroxyl groups is 1. The van der Waals surface area contributed by atoms with Gasteiger partial charge in [0.1, 0.15) is 5.75 Å². The van der Waals surface area contributed by atoms with E-state index in [1.165, 1.54) is 4.57 Å². The van der Waals surface area contributed by atoms with Crippen molar-refractivity contribution in [1.82, 2.24) is 18.7 Å². The van der Waals surface area contributed by atoms with Gasteiger partial charge in [0.2, 0.25) is 0 Å². The Bertz CT molecular complexity index is 1440. The number of aromatic nitrogens is 4. The second kappa shape index (κ2) is 9.43. The summed E-state index contributed by atoms with van der Waals surface area (Å²) in [4.78, 5) is 30.7. The third-order valence-corrected chi connectivity index (χ3v) is 6.09. The van der Waals surface area contributed by atoms with E-state index >= 15 is 0 Å².